The molecule has 0 amide bonds. The predicted molar refractivity (Wildman–Crippen MR) is 124 cm³/mol. The van der Waals surface area contributed by atoms with Crippen molar-refractivity contribution in [3.63, 3.8) is 0 Å². The van der Waals surface area contributed by atoms with Crippen LogP contribution in [0.4, 0.5) is 29.0 Å². The highest BCUT2D eigenvalue weighted by Crippen LogP contribution is 2.24. The number of aromatic amines is 1. The van der Waals surface area contributed by atoms with Crippen molar-refractivity contribution >= 4 is 40.1 Å². The van der Waals surface area contributed by atoms with Crippen LogP contribution in [0.25, 0.3) is 11.1 Å². The van der Waals surface area contributed by atoms with Gasteiger partial charge in [-0.05, 0) is 38.2 Å². The summed E-state index contributed by atoms with van der Waals surface area (Å²) in [5.74, 6) is 1.61. The number of nitrogens with zero attached hydrogens (tertiary/aromatic N) is 5. The molecule has 1 aliphatic rings. The number of fused-ring (bicyclic) bond motifs is 1. The molecule has 4 aromatic rings. The second-order valence-electron chi connectivity index (χ2n) is 7.90. The number of piperazine rings is 1. The number of likely N-dealkylation sites (N-methyl/N-ethyl adjacent to an activating group) is 1. The Morgan fingerprint density at radius 1 is 1.00 bits per heavy atom. The van der Waals surface area contributed by atoms with Crippen molar-refractivity contribution < 1.29 is 4.42 Å². The molecule has 10 nitrogen and oxygen atoms in total. The molecule has 1 fully saturated rings. The molecule has 0 unspecified atom stereocenters. The van der Waals surface area contributed by atoms with Crippen molar-refractivity contribution in [1.29, 1.82) is 0 Å². The molecule has 0 atom stereocenters. The van der Waals surface area contributed by atoms with Crippen LogP contribution in [-0.4, -0.2) is 58.1 Å². The first-order valence-electron chi connectivity index (χ1n) is 10.4. The van der Waals surface area contributed by atoms with Gasteiger partial charge in [0.2, 0.25) is 5.95 Å². The van der Waals surface area contributed by atoms with Gasteiger partial charge in [0.25, 0.3) is 0 Å². The second-order valence-corrected chi connectivity index (χ2v) is 7.90. The lowest BCUT2D eigenvalue weighted by atomic mass is 10.2. The quantitative estimate of drug-likeness (QED) is 0.438. The van der Waals surface area contributed by atoms with Gasteiger partial charge < -0.3 is 24.9 Å². The van der Waals surface area contributed by atoms with E-state index in [4.69, 9.17) is 4.42 Å². The highest BCUT2D eigenvalue weighted by Gasteiger charge is 2.15. The summed E-state index contributed by atoms with van der Waals surface area (Å²) in [6.07, 6.45) is 3.55. The van der Waals surface area contributed by atoms with Gasteiger partial charge in [-0.1, -0.05) is 0 Å². The second kappa shape index (κ2) is 8.31. The lowest BCUT2D eigenvalue weighted by Gasteiger charge is -2.33. The fraction of sp³-hybridized carbons (Fsp3) is 0.273. The van der Waals surface area contributed by atoms with E-state index in [1.54, 1.807) is 24.5 Å². The number of benzene rings is 1. The molecule has 4 heterocycles. The van der Waals surface area contributed by atoms with Crippen molar-refractivity contribution in [2.75, 3.05) is 48.8 Å². The highest BCUT2D eigenvalue weighted by atomic mass is 16.4. The summed E-state index contributed by atoms with van der Waals surface area (Å²) in [5, 5.41) is 6.47. The average Bonchev–Trinajstić information content (AvgIpc) is 3.16. The minimum atomic E-state index is -0.478. The van der Waals surface area contributed by atoms with E-state index in [2.05, 4.69) is 47.4 Å². The van der Waals surface area contributed by atoms with Crippen LogP contribution in [-0.2, 0) is 0 Å². The number of H-pyrrole nitrogens is 1. The van der Waals surface area contributed by atoms with E-state index in [1.807, 2.05) is 25.1 Å². The van der Waals surface area contributed by atoms with Crippen molar-refractivity contribution in [3.8, 4) is 0 Å². The molecule has 5 rings (SSSR count). The predicted octanol–water partition coefficient (Wildman–Crippen LogP) is 2.85. The Morgan fingerprint density at radius 3 is 2.59 bits per heavy atom. The summed E-state index contributed by atoms with van der Waals surface area (Å²) in [6.45, 7) is 5.96. The zero-order valence-corrected chi connectivity index (χ0v) is 17.9. The number of oxazole rings is 1. The number of nitrogens with one attached hydrogen (secondary N) is 3. The topological polar surface area (TPSA) is 115 Å². The van der Waals surface area contributed by atoms with Crippen molar-refractivity contribution in [2.24, 2.45) is 0 Å². The molecule has 32 heavy (non-hydrogen) atoms. The summed E-state index contributed by atoms with van der Waals surface area (Å²) in [5.41, 5.74) is 3.58. The Kier molecular flexibility index (Phi) is 5.20. The van der Waals surface area contributed by atoms with Gasteiger partial charge >= 0.3 is 5.76 Å². The molecule has 164 valence electrons. The van der Waals surface area contributed by atoms with Gasteiger partial charge in [-0.3, -0.25) is 4.98 Å². The lowest BCUT2D eigenvalue weighted by Crippen LogP contribution is -2.44. The number of aryl methyl sites for hydroxylation is 1. The Labute approximate surface area is 184 Å². The Balaban J connectivity index is 1.30. The average molecular weight is 432 g/mol. The molecule has 3 N–H and O–H groups in total. The van der Waals surface area contributed by atoms with E-state index in [1.165, 1.54) is 0 Å². The van der Waals surface area contributed by atoms with Gasteiger partial charge in [-0.15, -0.1) is 0 Å². The first-order chi connectivity index (χ1) is 15.5. The Bertz CT molecular complexity index is 1290. The number of aromatic nitrogens is 4. The zero-order chi connectivity index (χ0) is 22.1. The van der Waals surface area contributed by atoms with Crippen LogP contribution in [0, 0.1) is 6.92 Å². The third kappa shape index (κ3) is 4.26. The summed E-state index contributed by atoms with van der Waals surface area (Å²) in [7, 11) is 2.14. The third-order valence-electron chi connectivity index (χ3n) is 5.49. The SMILES string of the molecule is Cc1cnc(Nc2ccc(N3CCN(C)CC3)nc2)nc1Nc1ccc2[nH]c(=O)oc2c1. The summed E-state index contributed by atoms with van der Waals surface area (Å²) < 4.78 is 5.13. The van der Waals surface area contributed by atoms with Gasteiger partial charge in [0, 0.05) is 49.7 Å². The van der Waals surface area contributed by atoms with E-state index < -0.39 is 5.76 Å². The van der Waals surface area contributed by atoms with Gasteiger partial charge in [0.15, 0.2) is 5.58 Å². The first kappa shape index (κ1) is 20.0. The molecule has 0 bridgehead atoms. The van der Waals surface area contributed by atoms with Gasteiger partial charge in [-0.2, -0.15) is 4.98 Å². The number of hydrogen-bond donors (Lipinski definition) is 3. The van der Waals surface area contributed by atoms with Crippen LogP contribution in [0.2, 0.25) is 0 Å². The molecular weight excluding hydrogens is 408 g/mol. The van der Waals surface area contributed by atoms with Crippen LogP contribution in [0.5, 0.6) is 0 Å². The van der Waals surface area contributed by atoms with Gasteiger partial charge in [-0.25, -0.2) is 14.8 Å². The van der Waals surface area contributed by atoms with Crippen molar-refractivity contribution in [2.45, 2.75) is 6.92 Å². The standard InChI is InChI=1S/C22H24N8O2/c1-14-12-24-21(26-16-4-6-19(23-13-16)30-9-7-29(2)8-10-30)28-20(14)25-15-3-5-17-18(11-15)32-22(31)27-17/h3-6,11-13H,7-10H2,1-2H3,(H,27,31)(H2,24,25,26,28). The molecule has 0 aliphatic carbocycles. The fourth-order valence-corrected chi connectivity index (χ4v) is 3.60. The Morgan fingerprint density at radius 2 is 1.81 bits per heavy atom. The van der Waals surface area contributed by atoms with Crippen molar-refractivity contribution in [3.05, 3.63) is 58.8 Å². The highest BCUT2D eigenvalue weighted by molar-refractivity contribution is 5.78. The molecule has 1 aliphatic heterocycles. The number of rotatable bonds is 5. The maximum Gasteiger partial charge on any atom is 0.417 e. The maximum absolute atomic E-state index is 11.4. The van der Waals surface area contributed by atoms with E-state index in [9.17, 15) is 4.79 Å². The lowest BCUT2D eigenvalue weighted by molar-refractivity contribution is 0.312. The van der Waals surface area contributed by atoms with E-state index in [-0.39, 0.29) is 0 Å². The summed E-state index contributed by atoms with van der Waals surface area (Å²) in [4.78, 5) is 32.2. The molecule has 0 saturated carbocycles. The molecule has 3 aromatic heterocycles. The fourth-order valence-electron chi connectivity index (χ4n) is 3.60. The minimum Gasteiger partial charge on any atom is -0.408 e. The Hall–Kier alpha value is -3.92. The van der Waals surface area contributed by atoms with Gasteiger partial charge in [0.1, 0.15) is 11.6 Å². The molecule has 10 heteroatoms. The number of pyridine rings is 1. The summed E-state index contributed by atoms with van der Waals surface area (Å²) in [6, 6.07) is 9.39. The van der Waals surface area contributed by atoms with Crippen LogP contribution >= 0.6 is 0 Å². The minimum absolute atomic E-state index is 0.460. The van der Waals surface area contributed by atoms with Crippen LogP contribution < -0.4 is 21.3 Å². The largest absolute Gasteiger partial charge is 0.417 e. The molecule has 0 radical (unpaired) electrons. The summed E-state index contributed by atoms with van der Waals surface area (Å²) >= 11 is 0. The molecule has 1 aromatic carbocycles. The maximum atomic E-state index is 11.4. The van der Waals surface area contributed by atoms with Gasteiger partial charge in [0.05, 0.1) is 17.4 Å². The first-order valence-corrected chi connectivity index (χ1v) is 10.4. The molecule has 1 saturated heterocycles. The zero-order valence-electron chi connectivity index (χ0n) is 17.9. The monoisotopic (exact) mass is 432 g/mol. The van der Waals surface area contributed by atoms with E-state index in [0.717, 1.165) is 48.9 Å². The smallest absolute Gasteiger partial charge is 0.408 e. The molecule has 0 spiro atoms. The normalized spacial score (nSPS) is 14.6. The molecular formula is C22H24N8O2. The van der Waals surface area contributed by atoms with E-state index >= 15 is 0 Å². The van der Waals surface area contributed by atoms with Crippen LogP contribution in [0.15, 0.2) is 51.9 Å². The van der Waals surface area contributed by atoms with Crippen LogP contribution in [0.3, 0.4) is 0 Å². The number of hydrogen-bond acceptors (Lipinski definition) is 9. The van der Waals surface area contributed by atoms with E-state index in [0.29, 0.717) is 22.9 Å². The van der Waals surface area contributed by atoms with Crippen molar-refractivity contribution in [1.82, 2.24) is 24.8 Å². The van der Waals surface area contributed by atoms with Crippen LogP contribution in [0.1, 0.15) is 5.56 Å². The third-order valence-corrected chi connectivity index (χ3v) is 5.49. The number of anilines is 5.